The molecular formula is C14H18O5. The van der Waals surface area contributed by atoms with Gasteiger partial charge in [-0.15, -0.1) is 0 Å². The topological polar surface area (TPSA) is 65.0 Å². The molecule has 5 heteroatoms. The van der Waals surface area contributed by atoms with Gasteiger partial charge < -0.3 is 19.3 Å². The molecular weight excluding hydrogens is 248 g/mol. The fraction of sp³-hybridized carbons (Fsp3) is 0.357. The summed E-state index contributed by atoms with van der Waals surface area (Å²) in [6.45, 7) is 4.86. The first kappa shape index (κ1) is 15.0. The number of para-hydroxylation sites is 1. The maximum Gasteiger partial charge on any atom is 0.328 e. The van der Waals surface area contributed by atoms with Crippen molar-refractivity contribution in [3.63, 3.8) is 0 Å². The lowest BCUT2D eigenvalue weighted by Gasteiger charge is -2.14. The Morgan fingerprint density at radius 1 is 1.26 bits per heavy atom. The maximum absolute atomic E-state index is 10.6. The molecule has 0 aliphatic rings. The van der Waals surface area contributed by atoms with Crippen LogP contribution in [0.15, 0.2) is 24.3 Å². The van der Waals surface area contributed by atoms with Crippen LogP contribution in [0.3, 0.4) is 0 Å². The average Bonchev–Trinajstić information content (AvgIpc) is 2.39. The summed E-state index contributed by atoms with van der Waals surface area (Å²) in [5.74, 6) is 0.0302. The molecule has 0 heterocycles. The van der Waals surface area contributed by atoms with E-state index in [-0.39, 0.29) is 6.79 Å². The number of ether oxygens (including phenoxy) is 3. The minimum absolute atomic E-state index is 0.0918. The minimum atomic E-state index is -1.02. The molecule has 0 saturated carbocycles. The zero-order valence-corrected chi connectivity index (χ0v) is 11.1. The Balaban J connectivity index is 2.99. The lowest BCUT2D eigenvalue weighted by molar-refractivity contribution is -0.131. The number of benzene rings is 1. The highest BCUT2D eigenvalue weighted by Gasteiger charge is 2.09. The zero-order chi connectivity index (χ0) is 14.1. The van der Waals surface area contributed by atoms with E-state index in [1.54, 1.807) is 18.2 Å². The van der Waals surface area contributed by atoms with E-state index >= 15 is 0 Å². The van der Waals surface area contributed by atoms with E-state index in [1.165, 1.54) is 6.08 Å². The quantitative estimate of drug-likeness (QED) is 0.445. The van der Waals surface area contributed by atoms with Gasteiger partial charge in [-0.2, -0.15) is 0 Å². The van der Waals surface area contributed by atoms with Crippen LogP contribution in [-0.4, -0.2) is 31.1 Å². The Labute approximate surface area is 112 Å². The lowest BCUT2D eigenvalue weighted by Crippen LogP contribution is -2.05. The molecule has 1 rings (SSSR count). The largest absolute Gasteiger partial charge is 0.490 e. The van der Waals surface area contributed by atoms with Crippen molar-refractivity contribution in [1.82, 2.24) is 0 Å². The first-order valence-electron chi connectivity index (χ1n) is 6.06. The second-order valence-electron chi connectivity index (χ2n) is 3.53. The van der Waals surface area contributed by atoms with E-state index in [1.807, 2.05) is 13.8 Å². The molecule has 5 nitrogen and oxygen atoms in total. The predicted molar refractivity (Wildman–Crippen MR) is 71.4 cm³/mol. The molecule has 0 aliphatic carbocycles. The molecule has 0 amide bonds. The monoisotopic (exact) mass is 266 g/mol. The van der Waals surface area contributed by atoms with Gasteiger partial charge in [0.2, 0.25) is 0 Å². The Kier molecular flexibility index (Phi) is 6.46. The van der Waals surface area contributed by atoms with Crippen molar-refractivity contribution in [3.8, 4) is 11.5 Å². The van der Waals surface area contributed by atoms with Gasteiger partial charge in [-0.25, -0.2) is 4.79 Å². The first-order chi connectivity index (χ1) is 9.19. The molecule has 0 bridgehead atoms. The highest BCUT2D eigenvalue weighted by Crippen LogP contribution is 2.32. The van der Waals surface area contributed by atoms with Crippen molar-refractivity contribution in [2.75, 3.05) is 20.0 Å². The summed E-state index contributed by atoms with van der Waals surface area (Å²) in [5, 5.41) is 8.67. The molecule has 0 aromatic heterocycles. The Hall–Kier alpha value is -2.01. The zero-order valence-electron chi connectivity index (χ0n) is 11.1. The molecule has 19 heavy (non-hydrogen) atoms. The molecule has 1 aromatic carbocycles. The summed E-state index contributed by atoms with van der Waals surface area (Å²) < 4.78 is 16.1. The highest BCUT2D eigenvalue weighted by atomic mass is 16.7. The molecule has 0 saturated heterocycles. The van der Waals surface area contributed by atoms with E-state index in [2.05, 4.69) is 0 Å². The Morgan fingerprint density at radius 2 is 2.05 bits per heavy atom. The fourth-order valence-corrected chi connectivity index (χ4v) is 1.43. The van der Waals surface area contributed by atoms with Crippen LogP contribution < -0.4 is 9.47 Å². The number of aliphatic carboxylic acids is 1. The third-order valence-corrected chi connectivity index (χ3v) is 2.21. The normalized spacial score (nSPS) is 10.6. The average molecular weight is 266 g/mol. The number of hydrogen-bond donors (Lipinski definition) is 1. The van der Waals surface area contributed by atoms with Crippen LogP contribution in [0.2, 0.25) is 0 Å². The first-order valence-corrected chi connectivity index (χ1v) is 6.06. The van der Waals surface area contributed by atoms with Crippen molar-refractivity contribution in [1.29, 1.82) is 0 Å². The summed E-state index contributed by atoms with van der Waals surface area (Å²) in [7, 11) is 0. The van der Waals surface area contributed by atoms with Gasteiger partial charge in [-0.3, -0.25) is 0 Å². The minimum Gasteiger partial charge on any atom is -0.490 e. The number of carbonyl (C=O) groups is 1. The van der Waals surface area contributed by atoms with Gasteiger partial charge in [0.05, 0.1) is 6.61 Å². The van der Waals surface area contributed by atoms with Crippen LogP contribution >= 0.6 is 0 Å². The van der Waals surface area contributed by atoms with Crippen LogP contribution in [0.25, 0.3) is 6.08 Å². The molecule has 1 aromatic rings. The van der Waals surface area contributed by atoms with Gasteiger partial charge in [-0.05, 0) is 26.0 Å². The summed E-state index contributed by atoms with van der Waals surface area (Å²) in [4.78, 5) is 10.6. The molecule has 0 atom stereocenters. The number of carboxylic acid groups (broad SMARTS) is 1. The molecule has 0 fully saturated rings. The van der Waals surface area contributed by atoms with Crippen LogP contribution in [-0.2, 0) is 9.53 Å². The van der Waals surface area contributed by atoms with Crippen LogP contribution in [0, 0.1) is 0 Å². The predicted octanol–water partition coefficient (Wildman–Crippen LogP) is 2.56. The van der Waals surface area contributed by atoms with Gasteiger partial charge >= 0.3 is 5.97 Å². The maximum atomic E-state index is 10.6. The van der Waals surface area contributed by atoms with E-state index in [9.17, 15) is 4.79 Å². The van der Waals surface area contributed by atoms with Gasteiger partial charge in [0.1, 0.15) is 0 Å². The van der Waals surface area contributed by atoms with E-state index in [0.717, 1.165) is 6.08 Å². The summed E-state index contributed by atoms with van der Waals surface area (Å²) in [5.41, 5.74) is 0.632. The Bertz CT molecular complexity index is 439. The van der Waals surface area contributed by atoms with Gasteiger partial charge in [0.25, 0.3) is 0 Å². The van der Waals surface area contributed by atoms with Gasteiger partial charge in [0.15, 0.2) is 18.3 Å². The van der Waals surface area contributed by atoms with Crippen LogP contribution in [0.1, 0.15) is 19.4 Å². The second kappa shape index (κ2) is 8.16. The fourth-order valence-electron chi connectivity index (χ4n) is 1.43. The molecule has 104 valence electrons. The highest BCUT2D eigenvalue weighted by molar-refractivity contribution is 5.86. The van der Waals surface area contributed by atoms with E-state index in [4.69, 9.17) is 19.3 Å². The summed E-state index contributed by atoms with van der Waals surface area (Å²) >= 11 is 0. The number of carboxylic acids is 1. The standard InChI is InChI=1S/C14H18O5/c1-3-17-10-19-14-11(8-9-13(15)16)6-5-7-12(14)18-4-2/h5-9H,3-4,10H2,1-2H3,(H,15,16). The van der Waals surface area contributed by atoms with Crippen molar-refractivity contribution < 1.29 is 24.1 Å². The Morgan fingerprint density at radius 3 is 2.68 bits per heavy atom. The van der Waals surface area contributed by atoms with Gasteiger partial charge in [0, 0.05) is 18.2 Å². The summed E-state index contributed by atoms with van der Waals surface area (Å²) in [6.07, 6.45) is 2.52. The number of hydrogen-bond acceptors (Lipinski definition) is 4. The van der Waals surface area contributed by atoms with Crippen molar-refractivity contribution in [2.24, 2.45) is 0 Å². The van der Waals surface area contributed by atoms with Crippen LogP contribution in [0.4, 0.5) is 0 Å². The third kappa shape index (κ3) is 5.01. The molecule has 0 radical (unpaired) electrons. The van der Waals surface area contributed by atoms with Crippen molar-refractivity contribution in [2.45, 2.75) is 13.8 Å². The molecule has 0 aliphatic heterocycles. The molecule has 1 N–H and O–H groups in total. The SMILES string of the molecule is CCOCOc1c(C=CC(=O)O)cccc1OCC. The van der Waals surface area contributed by atoms with Crippen molar-refractivity contribution >= 4 is 12.0 Å². The lowest BCUT2D eigenvalue weighted by atomic mass is 10.1. The van der Waals surface area contributed by atoms with Gasteiger partial charge in [-0.1, -0.05) is 12.1 Å². The van der Waals surface area contributed by atoms with E-state index < -0.39 is 5.97 Å². The molecule has 0 spiro atoms. The smallest absolute Gasteiger partial charge is 0.328 e. The van der Waals surface area contributed by atoms with E-state index in [0.29, 0.717) is 30.3 Å². The third-order valence-electron chi connectivity index (χ3n) is 2.21. The number of rotatable bonds is 8. The summed E-state index contributed by atoms with van der Waals surface area (Å²) in [6, 6.07) is 5.30. The van der Waals surface area contributed by atoms with Crippen molar-refractivity contribution in [3.05, 3.63) is 29.8 Å². The second-order valence-corrected chi connectivity index (χ2v) is 3.53. The molecule has 0 unspecified atom stereocenters. The van der Waals surface area contributed by atoms with Crippen LogP contribution in [0.5, 0.6) is 11.5 Å².